The van der Waals surface area contributed by atoms with Crippen LogP contribution in [-0.2, 0) is 16.0 Å². The number of ether oxygens (including phenoxy) is 3. The Morgan fingerprint density at radius 2 is 1.70 bits per heavy atom. The van der Waals surface area contributed by atoms with Gasteiger partial charge in [-0.05, 0) is 50.2 Å². The molecule has 30 heavy (non-hydrogen) atoms. The zero-order chi connectivity index (χ0) is 21.1. The summed E-state index contributed by atoms with van der Waals surface area (Å²) in [6, 6.07) is 13.4. The number of benzene rings is 2. The highest BCUT2D eigenvalue weighted by Gasteiger charge is 2.16. The van der Waals surface area contributed by atoms with Gasteiger partial charge in [0.2, 0.25) is 0 Å². The van der Waals surface area contributed by atoms with Crippen LogP contribution in [0.15, 0.2) is 48.5 Å². The van der Waals surface area contributed by atoms with E-state index in [0.717, 1.165) is 5.56 Å². The number of hydrogen-bond donors (Lipinski definition) is 2. The van der Waals surface area contributed by atoms with Crippen molar-refractivity contribution in [2.45, 2.75) is 13.3 Å². The lowest BCUT2D eigenvalue weighted by molar-refractivity contribution is -0.133. The van der Waals surface area contributed by atoms with Crippen LogP contribution in [0.2, 0.25) is 0 Å². The molecule has 0 saturated carbocycles. The number of esters is 2. The third kappa shape index (κ3) is 8.10. The number of rotatable bonds is 9. The molecule has 162 valence electrons. The number of halogens is 1. The number of carbonyl (C=O) groups excluding carboxylic acids is 3. The van der Waals surface area contributed by atoms with Crippen molar-refractivity contribution in [2.75, 3.05) is 26.7 Å². The predicted molar refractivity (Wildman–Crippen MR) is 113 cm³/mol. The number of nitrogens with one attached hydrogen (secondary N) is 2. The smallest absolute Gasteiger partial charge is 0.407 e. The maximum Gasteiger partial charge on any atom is 0.407 e. The number of amides is 1. The van der Waals surface area contributed by atoms with Crippen LogP contribution in [0.4, 0.5) is 4.79 Å². The minimum Gasteiger partial charge on any atom is -0.450 e. The Bertz CT molecular complexity index is 845. The van der Waals surface area contributed by atoms with Crippen LogP contribution in [0, 0.1) is 0 Å². The fraction of sp³-hybridized carbons (Fsp3) is 0.286. The summed E-state index contributed by atoms with van der Waals surface area (Å²) in [5, 5.41) is 5.32. The predicted octanol–water partition coefficient (Wildman–Crippen LogP) is 2.74. The molecule has 0 aliphatic rings. The maximum absolute atomic E-state index is 12.4. The first kappa shape index (κ1) is 24.9. The van der Waals surface area contributed by atoms with Crippen molar-refractivity contribution < 1.29 is 28.6 Å². The molecule has 0 aliphatic carbocycles. The van der Waals surface area contributed by atoms with Gasteiger partial charge >= 0.3 is 18.0 Å². The average Bonchev–Trinajstić information content (AvgIpc) is 2.71. The van der Waals surface area contributed by atoms with Gasteiger partial charge < -0.3 is 24.8 Å². The molecule has 0 saturated heterocycles. The highest BCUT2D eigenvalue weighted by atomic mass is 35.5. The minimum absolute atomic E-state index is 0. The van der Waals surface area contributed by atoms with Crippen molar-refractivity contribution in [3.05, 3.63) is 59.7 Å². The first-order valence-corrected chi connectivity index (χ1v) is 9.19. The Morgan fingerprint density at radius 3 is 2.37 bits per heavy atom. The molecule has 0 atom stereocenters. The topological polar surface area (TPSA) is 103 Å². The standard InChI is InChI=1S/C21H24N2O6.ClH/c1-3-27-21(26)23-12-11-15-9-10-17(28-19(24)14-22-2)18(13-15)29-20(25)16-7-5-4-6-8-16;/h4-10,13,22H,3,11-12,14H2,1-2H3,(H,23,26);1H. The molecule has 0 fully saturated rings. The molecule has 0 bridgehead atoms. The summed E-state index contributed by atoms with van der Waals surface area (Å²) in [5.41, 5.74) is 1.15. The second-order valence-corrected chi connectivity index (χ2v) is 5.94. The van der Waals surface area contributed by atoms with E-state index in [1.807, 2.05) is 0 Å². The summed E-state index contributed by atoms with van der Waals surface area (Å²) in [5.74, 6) is -0.826. The second-order valence-electron chi connectivity index (χ2n) is 5.94. The fourth-order valence-corrected chi connectivity index (χ4v) is 2.40. The summed E-state index contributed by atoms with van der Waals surface area (Å²) in [4.78, 5) is 35.6. The Morgan fingerprint density at radius 1 is 0.967 bits per heavy atom. The molecule has 0 spiro atoms. The van der Waals surface area contributed by atoms with Crippen molar-refractivity contribution in [3.63, 3.8) is 0 Å². The summed E-state index contributed by atoms with van der Waals surface area (Å²) in [7, 11) is 1.62. The third-order valence-electron chi connectivity index (χ3n) is 3.72. The van der Waals surface area contributed by atoms with E-state index in [1.54, 1.807) is 62.5 Å². The van der Waals surface area contributed by atoms with Crippen molar-refractivity contribution in [2.24, 2.45) is 0 Å². The molecule has 0 aliphatic heterocycles. The molecule has 2 aromatic rings. The van der Waals surface area contributed by atoms with E-state index in [0.29, 0.717) is 18.5 Å². The molecule has 9 heteroatoms. The molecule has 0 heterocycles. The average molecular weight is 437 g/mol. The van der Waals surface area contributed by atoms with Crippen LogP contribution in [0.3, 0.4) is 0 Å². The lowest BCUT2D eigenvalue weighted by atomic mass is 10.1. The van der Waals surface area contributed by atoms with Crippen molar-refractivity contribution in [1.82, 2.24) is 10.6 Å². The number of likely N-dealkylation sites (N-methyl/N-ethyl adjacent to an activating group) is 1. The van der Waals surface area contributed by atoms with E-state index in [2.05, 4.69) is 10.6 Å². The van der Waals surface area contributed by atoms with Crippen LogP contribution in [-0.4, -0.2) is 44.8 Å². The molecule has 8 nitrogen and oxygen atoms in total. The molecule has 0 radical (unpaired) electrons. The quantitative estimate of drug-likeness (QED) is 0.460. The number of alkyl carbamates (subject to hydrolysis) is 1. The highest BCUT2D eigenvalue weighted by Crippen LogP contribution is 2.29. The molecule has 2 N–H and O–H groups in total. The Labute approximate surface area is 181 Å². The van der Waals surface area contributed by atoms with E-state index in [9.17, 15) is 14.4 Å². The maximum atomic E-state index is 12.4. The molecule has 1 amide bonds. The van der Waals surface area contributed by atoms with E-state index >= 15 is 0 Å². The van der Waals surface area contributed by atoms with Gasteiger partial charge in [-0.25, -0.2) is 9.59 Å². The fourth-order valence-electron chi connectivity index (χ4n) is 2.40. The zero-order valence-corrected chi connectivity index (χ0v) is 17.6. The first-order chi connectivity index (χ1) is 14.0. The first-order valence-electron chi connectivity index (χ1n) is 9.19. The number of hydrogen-bond acceptors (Lipinski definition) is 7. The van der Waals surface area contributed by atoms with Crippen LogP contribution in [0.5, 0.6) is 11.5 Å². The van der Waals surface area contributed by atoms with Crippen LogP contribution in [0.1, 0.15) is 22.8 Å². The van der Waals surface area contributed by atoms with Crippen LogP contribution < -0.4 is 20.1 Å². The van der Waals surface area contributed by atoms with Gasteiger partial charge in [0.15, 0.2) is 11.5 Å². The van der Waals surface area contributed by atoms with Gasteiger partial charge in [-0.2, -0.15) is 0 Å². The van der Waals surface area contributed by atoms with Gasteiger partial charge in [0.25, 0.3) is 0 Å². The van der Waals surface area contributed by atoms with Gasteiger partial charge in [0, 0.05) is 6.54 Å². The molecule has 2 aromatic carbocycles. The molecular weight excluding hydrogens is 412 g/mol. The van der Waals surface area contributed by atoms with E-state index in [-0.39, 0.29) is 37.1 Å². The van der Waals surface area contributed by atoms with E-state index < -0.39 is 18.0 Å². The molecule has 0 aromatic heterocycles. The van der Waals surface area contributed by atoms with E-state index in [4.69, 9.17) is 14.2 Å². The minimum atomic E-state index is -0.571. The molecule has 0 unspecified atom stereocenters. The van der Waals surface area contributed by atoms with Crippen molar-refractivity contribution in [3.8, 4) is 11.5 Å². The second kappa shape index (κ2) is 13.2. The van der Waals surface area contributed by atoms with E-state index in [1.165, 1.54) is 0 Å². The Kier molecular flexibility index (Phi) is 11.0. The monoisotopic (exact) mass is 436 g/mol. The largest absolute Gasteiger partial charge is 0.450 e. The van der Waals surface area contributed by atoms with Crippen molar-refractivity contribution >= 4 is 30.4 Å². The van der Waals surface area contributed by atoms with Crippen LogP contribution >= 0.6 is 12.4 Å². The zero-order valence-electron chi connectivity index (χ0n) is 16.8. The lowest BCUT2D eigenvalue weighted by Gasteiger charge is -2.13. The Hall–Kier alpha value is -3.10. The summed E-state index contributed by atoms with van der Waals surface area (Å²) in [6.45, 7) is 2.36. The van der Waals surface area contributed by atoms with Gasteiger partial charge in [0.1, 0.15) is 0 Å². The summed E-state index contributed by atoms with van der Waals surface area (Å²) >= 11 is 0. The van der Waals surface area contributed by atoms with Gasteiger partial charge in [-0.15, -0.1) is 12.4 Å². The Balaban J connectivity index is 0.00000450. The highest BCUT2D eigenvalue weighted by molar-refractivity contribution is 5.91. The van der Waals surface area contributed by atoms with Gasteiger partial charge in [-0.1, -0.05) is 24.3 Å². The van der Waals surface area contributed by atoms with Gasteiger partial charge in [-0.3, -0.25) is 4.79 Å². The number of carbonyl (C=O) groups is 3. The normalized spacial score (nSPS) is 9.80. The molecular formula is C21H25ClN2O6. The van der Waals surface area contributed by atoms with Crippen LogP contribution in [0.25, 0.3) is 0 Å². The molecule has 2 rings (SSSR count). The third-order valence-corrected chi connectivity index (χ3v) is 3.72. The SMILES string of the molecule is CCOC(=O)NCCc1ccc(OC(=O)CNC)c(OC(=O)c2ccccc2)c1.Cl. The van der Waals surface area contributed by atoms with Gasteiger partial charge in [0.05, 0.1) is 18.7 Å². The summed E-state index contributed by atoms with van der Waals surface area (Å²) in [6.07, 6.45) is -0.0275. The van der Waals surface area contributed by atoms with Crippen molar-refractivity contribution in [1.29, 1.82) is 0 Å². The summed E-state index contributed by atoms with van der Waals surface area (Å²) < 4.78 is 15.6. The lowest BCUT2D eigenvalue weighted by Crippen LogP contribution is -2.26.